The number of nitrogens with one attached hydrogen (secondary N) is 1. The van der Waals surface area contributed by atoms with Crippen molar-refractivity contribution < 1.29 is 9.48 Å². The molecule has 0 saturated heterocycles. The van der Waals surface area contributed by atoms with Crippen molar-refractivity contribution in [2.24, 2.45) is 0 Å². The summed E-state index contributed by atoms with van der Waals surface area (Å²) in [5, 5.41) is 9.36. The smallest absolute Gasteiger partial charge is 0.292 e. The van der Waals surface area contributed by atoms with Crippen molar-refractivity contribution in [2.45, 2.75) is 20.4 Å². The largest absolute Gasteiger partial charge is 0.320 e. The molecule has 1 N–H and O–H groups in total. The lowest BCUT2D eigenvalue weighted by atomic mass is 10.1. The number of nitrogens with zero attached hydrogens (tertiary/aromatic N) is 2. The summed E-state index contributed by atoms with van der Waals surface area (Å²) in [6, 6.07) is 13.9. The van der Waals surface area contributed by atoms with Crippen molar-refractivity contribution in [3.63, 3.8) is 0 Å². The van der Waals surface area contributed by atoms with Crippen LogP contribution in [0.3, 0.4) is 0 Å². The van der Waals surface area contributed by atoms with Crippen molar-refractivity contribution in [3.8, 4) is 0 Å². The molecule has 0 spiro atoms. The molecule has 3 rings (SSSR count). The summed E-state index contributed by atoms with van der Waals surface area (Å²) < 4.78 is 1.66. The molecule has 0 aliphatic carbocycles. The first-order valence-corrected chi connectivity index (χ1v) is 7.24. The number of amides is 1. The van der Waals surface area contributed by atoms with Crippen LogP contribution in [0.15, 0.2) is 54.9 Å². The minimum Gasteiger partial charge on any atom is -0.320 e. The Morgan fingerprint density at radius 3 is 2.61 bits per heavy atom. The number of carbonyl (C=O) groups is 1. The van der Waals surface area contributed by atoms with Crippen molar-refractivity contribution in [3.05, 3.63) is 66.0 Å². The van der Waals surface area contributed by atoms with Crippen LogP contribution in [-0.2, 0) is 11.3 Å². The topological polar surface area (TPSA) is 45.9 Å². The fraction of sp³-hybridized carbons (Fsp3) is 0.167. The zero-order chi connectivity index (χ0) is 15.5. The first-order valence-electron chi connectivity index (χ1n) is 7.24. The number of halogens is 1. The molecule has 2 aromatic carbocycles. The Kier molecular flexibility index (Phi) is 5.65. The molecule has 0 radical (unpaired) electrons. The van der Waals surface area contributed by atoms with Crippen LogP contribution < -0.4 is 10.00 Å². The summed E-state index contributed by atoms with van der Waals surface area (Å²) in [6.07, 6.45) is 3.67. The summed E-state index contributed by atoms with van der Waals surface area (Å²) in [7, 11) is 0. The fourth-order valence-electron chi connectivity index (χ4n) is 2.39. The zero-order valence-electron chi connectivity index (χ0n) is 13.1. The molecule has 0 saturated carbocycles. The molecule has 0 bridgehead atoms. The predicted molar refractivity (Wildman–Crippen MR) is 102 cm³/mol. The highest BCUT2D eigenvalue weighted by Crippen LogP contribution is 2.17. The zero-order valence-corrected chi connectivity index (χ0v) is 15.4. The molecule has 118 valence electrons. The highest BCUT2D eigenvalue weighted by molar-refractivity contribution is 14.0. The molecule has 0 unspecified atom stereocenters. The number of hydrogen-bond donors (Lipinski definition) is 1. The maximum Gasteiger partial charge on any atom is 0.292 e. The average molecular weight is 420 g/mol. The van der Waals surface area contributed by atoms with E-state index in [1.807, 2.05) is 62.5 Å². The summed E-state index contributed by atoms with van der Waals surface area (Å²) in [6.45, 7) is 4.23. The molecule has 1 heterocycles. The number of aromatic nitrogens is 2. The lowest BCUT2D eigenvalue weighted by Crippen LogP contribution is -2.43. The van der Waals surface area contributed by atoms with Gasteiger partial charge in [-0.2, -0.15) is 0 Å². The van der Waals surface area contributed by atoms with Gasteiger partial charge in [0.15, 0.2) is 0 Å². The van der Waals surface area contributed by atoms with E-state index in [4.69, 9.17) is 0 Å². The standard InChI is InChI=1S/C18H17N3O.HI/c1-13-6-5-9-17(14(13)2)20-18(22)12-21-11-16-8-4-3-7-15(16)10-19-21;/h3-11H,12H2,1-2H3;1H/p+1. The van der Waals surface area contributed by atoms with Crippen LogP contribution >= 0.6 is 24.0 Å². The average Bonchev–Trinajstić information content (AvgIpc) is 2.52. The Morgan fingerprint density at radius 1 is 1.09 bits per heavy atom. The number of benzene rings is 2. The van der Waals surface area contributed by atoms with E-state index in [1.165, 1.54) is 0 Å². The molecule has 0 fully saturated rings. The molecule has 0 aliphatic heterocycles. The van der Waals surface area contributed by atoms with Gasteiger partial charge in [-0.25, -0.2) is 0 Å². The summed E-state index contributed by atoms with van der Waals surface area (Å²) >= 11 is 0. The predicted octanol–water partition coefficient (Wildman–Crippen LogP) is 3.40. The number of carbonyl (C=O) groups excluding carboxylic acids is 1. The molecule has 4 nitrogen and oxygen atoms in total. The third kappa shape index (κ3) is 4.04. The maximum atomic E-state index is 12.2. The normalized spacial score (nSPS) is 10.2. The van der Waals surface area contributed by atoms with Crippen LogP contribution in [0.2, 0.25) is 0 Å². The van der Waals surface area contributed by atoms with Gasteiger partial charge in [0, 0.05) is 16.5 Å². The lowest BCUT2D eigenvalue weighted by molar-refractivity contribution is -0.740. The SMILES string of the molecule is Cc1cccc(NC(=O)C[n+]2cc3ccccc3cn2)c1C.I. The van der Waals surface area contributed by atoms with Gasteiger partial charge in [-0.05, 0) is 42.2 Å². The second kappa shape index (κ2) is 7.50. The molecule has 1 aromatic heterocycles. The van der Waals surface area contributed by atoms with E-state index in [2.05, 4.69) is 10.4 Å². The van der Waals surface area contributed by atoms with Crippen LogP contribution in [0, 0.1) is 13.8 Å². The Hall–Kier alpha value is -2.02. The molecule has 0 aliphatic rings. The number of hydrogen-bond acceptors (Lipinski definition) is 2. The van der Waals surface area contributed by atoms with Crippen LogP contribution in [0.5, 0.6) is 0 Å². The molecule has 23 heavy (non-hydrogen) atoms. The minimum absolute atomic E-state index is 0. The minimum atomic E-state index is -0.0820. The highest BCUT2D eigenvalue weighted by Gasteiger charge is 2.13. The number of aryl methyl sites for hydroxylation is 1. The van der Waals surface area contributed by atoms with Gasteiger partial charge in [-0.3, -0.25) is 4.79 Å². The summed E-state index contributed by atoms with van der Waals surface area (Å²) in [5.74, 6) is -0.0820. The molecule has 1 amide bonds. The summed E-state index contributed by atoms with van der Waals surface area (Å²) in [5.41, 5.74) is 3.10. The van der Waals surface area contributed by atoms with Crippen LogP contribution in [0.25, 0.3) is 10.8 Å². The first-order chi connectivity index (χ1) is 10.6. The Morgan fingerprint density at radius 2 is 1.83 bits per heavy atom. The molecular weight excluding hydrogens is 401 g/mol. The Balaban J connectivity index is 0.00000192. The van der Waals surface area contributed by atoms with Crippen LogP contribution in [-0.4, -0.2) is 11.0 Å². The van der Waals surface area contributed by atoms with Crippen LogP contribution in [0.4, 0.5) is 5.69 Å². The van der Waals surface area contributed by atoms with E-state index in [0.717, 1.165) is 27.6 Å². The van der Waals surface area contributed by atoms with E-state index in [9.17, 15) is 4.79 Å². The first kappa shape index (κ1) is 17.3. The second-order valence-electron chi connectivity index (χ2n) is 5.40. The van der Waals surface area contributed by atoms with Gasteiger partial charge in [0.25, 0.3) is 12.5 Å². The second-order valence-corrected chi connectivity index (χ2v) is 5.40. The van der Waals surface area contributed by atoms with Crippen molar-refractivity contribution >= 4 is 46.3 Å². The van der Waals surface area contributed by atoms with Gasteiger partial charge >= 0.3 is 0 Å². The third-order valence-corrected chi connectivity index (χ3v) is 3.81. The van der Waals surface area contributed by atoms with Gasteiger partial charge in [-0.15, -0.1) is 24.0 Å². The quantitative estimate of drug-likeness (QED) is 0.522. The van der Waals surface area contributed by atoms with Gasteiger partial charge in [0.2, 0.25) is 6.20 Å². The molecule has 0 atom stereocenters. The van der Waals surface area contributed by atoms with E-state index in [-0.39, 0.29) is 36.4 Å². The lowest BCUT2D eigenvalue weighted by Gasteiger charge is -2.08. The van der Waals surface area contributed by atoms with E-state index >= 15 is 0 Å². The molecule has 5 heteroatoms. The third-order valence-electron chi connectivity index (χ3n) is 3.81. The van der Waals surface area contributed by atoms with Gasteiger partial charge in [-0.1, -0.05) is 35.0 Å². The number of anilines is 1. The van der Waals surface area contributed by atoms with Crippen molar-refractivity contribution in [1.29, 1.82) is 0 Å². The van der Waals surface area contributed by atoms with Gasteiger partial charge < -0.3 is 5.32 Å². The highest BCUT2D eigenvalue weighted by atomic mass is 127. The Labute approximate surface area is 152 Å². The number of fused-ring (bicyclic) bond motifs is 1. The van der Waals surface area contributed by atoms with Gasteiger partial charge in [0.05, 0.1) is 0 Å². The monoisotopic (exact) mass is 420 g/mol. The van der Waals surface area contributed by atoms with Crippen LogP contribution in [0.1, 0.15) is 11.1 Å². The maximum absolute atomic E-state index is 12.2. The van der Waals surface area contributed by atoms with Crippen molar-refractivity contribution in [1.82, 2.24) is 5.10 Å². The van der Waals surface area contributed by atoms with E-state index in [0.29, 0.717) is 0 Å². The molecule has 3 aromatic rings. The summed E-state index contributed by atoms with van der Waals surface area (Å²) in [4.78, 5) is 12.2. The number of rotatable bonds is 3. The Bertz CT molecular complexity index is 849. The van der Waals surface area contributed by atoms with Crippen molar-refractivity contribution in [2.75, 3.05) is 5.32 Å². The van der Waals surface area contributed by atoms with Gasteiger partial charge in [0.1, 0.15) is 6.20 Å². The van der Waals surface area contributed by atoms with E-state index < -0.39 is 0 Å². The fourth-order valence-corrected chi connectivity index (χ4v) is 2.39. The van der Waals surface area contributed by atoms with E-state index in [1.54, 1.807) is 10.9 Å². The molecular formula is C18H19IN3O+.